The molecular formula is C21H30N4O5. The largest absolute Gasteiger partial charge is 0.497 e. The Balaban J connectivity index is 1.50. The number of nitrogens with zero attached hydrogens (tertiary/aromatic N) is 3. The SMILES string of the molecule is COc1ccc(CN(C)CC2(O)CCCN(C(=O)CN3CC(=O)NC3=O)CC2)cc1. The predicted molar refractivity (Wildman–Crippen MR) is 110 cm³/mol. The van der Waals surface area contributed by atoms with E-state index in [9.17, 15) is 19.5 Å². The number of methoxy groups -OCH3 is 1. The van der Waals surface area contributed by atoms with Crippen LogP contribution in [0.2, 0.25) is 0 Å². The molecule has 0 aliphatic carbocycles. The molecule has 4 amide bonds. The molecule has 2 N–H and O–H groups in total. The zero-order valence-corrected chi connectivity index (χ0v) is 17.6. The maximum atomic E-state index is 12.6. The van der Waals surface area contributed by atoms with Crippen LogP contribution in [0.15, 0.2) is 24.3 Å². The number of nitrogens with one attached hydrogen (secondary N) is 1. The van der Waals surface area contributed by atoms with Crippen LogP contribution in [0.25, 0.3) is 0 Å². The number of ether oxygens (including phenoxy) is 1. The van der Waals surface area contributed by atoms with E-state index in [0.29, 0.717) is 45.4 Å². The van der Waals surface area contributed by atoms with Crippen LogP contribution in [0.3, 0.4) is 0 Å². The predicted octanol–water partition coefficient (Wildman–Crippen LogP) is 0.422. The van der Waals surface area contributed by atoms with Crippen molar-refractivity contribution >= 4 is 17.8 Å². The van der Waals surface area contributed by atoms with Gasteiger partial charge in [0, 0.05) is 26.2 Å². The van der Waals surface area contributed by atoms with Gasteiger partial charge in [0.15, 0.2) is 0 Å². The van der Waals surface area contributed by atoms with Crippen LogP contribution in [0.5, 0.6) is 5.75 Å². The first-order valence-electron chi connectivity index (χ1n) is 10.2. The van der Waals surface area contributed by atoms with Gasteiger partial charge in [-0.1, -0.05) is 12.1 Å². The van der Waals surface area contributed by atoms with Gasteiger partial charge in [-0.3, -0.25) is 19.8 Å². The number of likely N-dealkylation sites (N-methyl/N-ethyl adjacent to an activating group) is 1. The van der Waals surface area contributed by atoms with Crippen molar-refractivity contribution in [1.29, 1.82) is 0 Å². The number of hydrogen-bond acceptors (Lipinski definition) is 6. The minimum Gasteiger partial charge on any atom is -0.497 e. The maximum absolute atomic E-state index is 12.6. The lowest BCUT2D eigenvalue weighted by atomic mass is 9.94. The first-order chi connectivity index (χ1) is 14.3. The number of likely N-dealkylation sites (tertiary alicyclic amines) is 1. The van der Waals surface area contributed by atoms with Gasteiger partial charge in [0.2, 0.25) is 11.8 Å². The Bertz CT molecular complexity index is 784. The van der Waals surface area contributed by atoms with Crippen molar-refractivity contribution in [2.45, 2.75) is 31.4 Å². The quantitative estimate of drug-likeness (QED) is 0.623. The fourth-order valence-corrected chi connectivity index (χ4v) is 4.06. The molecule has 2 saturated heterocycles. The normalized spacial score (nSPS) is 22.3. The number of hydrogen-bond donors (Lipinski definition) is 2. The Labute approximate surface area is 176 Å². The van der Waals surface area contributed by atoms with Crippen molar-refractivity contribution in [1.82, 2.24) is 20.0 Å². The zero-order valence-electron chi connectivity index (χ0n) is 17.6. The van der Waals surface area contributed by atoms with Gasteiger partial charge in [0.05, 0.1) is 12.7 Å². The molecule has 0 bridgehead atoms. The number of urea groups is 1. The van der Waals surface area contributed by atoms with E-state index in [0.717, 1.165) is 11.3 Å². The minimum atomic E-state index is -0.878. The Morgan fingerprint density at radius 2 is 1.97 bits per heavy atom. The number of imide groups is 1. The third-order valence-electron chi connectivity index (χ3n) is 5.64. The smallest absolute Gasteiger partial charge is 0.325 e. The maximum Gasteiger partial charge on any atom is 0.325 e. The van der Waals surface area contributed by atoms with Crippen molar-refractivity contribution in [2.75, 3.05) is 46.9 Å². The molecule has 1 unspecified atom stereocenters. The molecule has 2 heterocycles. The van der Waals surface area contributed by atoms with Gasteiger partial charge in [-0.25, -0.2) is 4.79 Å². The highest BCUT2D eigenvalue weighted by molar-refractivity contribution is 6.03. The molecule has 1 aromatic rings. The van der Waals surface area contributed by atoms with E-state index in [1.165, 1.54) is 4.90 Å². The highest BCUT2D eigenvalue weighted by Crippen LogP contribution is 2.24. The van der Waals surface area contributed by atoms with Gasteiger partial charge >= 0.3 is 6.03 Å². The second-order valence-corrected chi connectivity index (χ2v) is 8.19. The number of benzene rings is 1. The Hall–Kier alpha value is -2.65. The molecule has 0 radical (unpaired) electrons. The summed E-state index contributed by atoms with van der Waals surface area (Å²) in [4.78, 5) is 40.5. The minimum absolute atomic E-state index is 0.0848. The summed E-state index contributed by atoms with van der Waals surface area (Å²) in [5.41, 5.74) is 0.253. The summed E-state index contributed by atoms with van der Waals surface area (Å²) < 4.78 is 5.18. The van der Waals surface area contributed by atoms with Crippen LogP contribution in [0.4, 0.5) is 4.79 Å². The van der Waals surface area contributed by atoms with E-state index >= 15 is 0 Å². The Morgan fingerprint density at radius 1 is 1.23 bits per heavy atom. The number of amides is 4. The average molecular weight is 418 g/mol. The summed E-state index contributed by atoms with van der Waals surface area (Å²) in [6.45, 7) is 1.96. The van der Waals surface area contributed by atoms with Crippen molar-refractivity contribution in [3.63, 3.8) is 0 Å². The monoisotopic (exact) mass is 418 g/mol. The third kappa shape index (κ3) is 5.70. The molecule has 1 aromatic carbocycles. The zero-order chi connectivity index (χ0) is 21.7. The number of aliphatic hydroxyl groups is 1. The molecule has 164 valence electrons. The van der Waals surface area contributed by atoms with E-state index in [2.05, 4.69) is 10.2 Å². The van der Waals surface area contributed by atoms with E-state index in [-0.39, 0.29) is 19.0 Å². The molecule has 2 fully saturated rings. The van der Waals surface area contributed by atoms with Gasteiger partial charge in [0.25, 0.3) is 0 Å². The number of carbonyl (C=O) groups excluding carboxylic acids is 3. The third-order valence-corrected chi connectivity index (χ3v) is 5.64. The molecule has 0 spiro atoms. The van der Waals surface area contributed by atoms with Crippen LogP contribution < -0.4 is 10.1 Å². The molecule has 30 heavy (non-hydrogen) atoms. The van der Waals surface area contributed by atoms with Gasteiger partial charge in [-0.05, 0) is 44.0 Å². The molecule has 2 aliphatic heterocycles. The lowest BCUT2D eigenvalue weighted by Crippen LogP contribution is -2.44. The van der Waals surface area contributed by atoms with Gasteiger partial charge < -0.3 is 19.6 Å². The van der Waals surface area contributed by atoms with E-state index < -0.39 is 17.5 Å². The summed E-state index contributed by atoms with van der Waals surface area (Å²) in [6, 6.07) is 7.32. The fraction of sp³-hybridized carbons (Fsp3) is 0.571. The molecule has 1 atom stereocenters. The number of rotatable bonds is 7. The second kappa shape index (κ2) is 9.44. The second-order valence-electron chi connectivity index (χ2n) is 8.19. The van der Waals surface area contributed by atoms with Crippen LogP contribution in [0.1, 0.15) is 24.8 Å². The van der Waals surface area contributed by atoms with Crippen LogP contribution >= 0.6 is 0 Å². The summed E-state index contributed by atoms with van der Waals surface area (Å²) in [5.74, 6) is 0.220. The molecule has 2 aliphatic rings. The van der Waals surface area contributed by atoms with Crippen molar-refractivity contribution in [2.24, 2.45) is 0 Å². The average Bonchev–Trinajstić information content (AvgIpc) is 2.89. The molecule has 9 heteroatoms. The molecule has 0 aromatic heterocycles. The topological polar surface area (TPSA) is 102 Å². The lowest BCUT2D eigenvalue weighted by molar-refractivity contribution is -0.131. The summed E-state index contributed by atoms with van der Waals surface area (Å²) >= 11 is 0. The summed E-state index contributed by atoms with van der Waals surface area (Å²) in [6.07, 6.45) is 1.76. The van der Waals surface area contributed by atoms with Gasteiger partial charge in [-0.2, -0.15) is 0 Å². The van der Waals surface area contributed by atoms with E-state index in [4.69, 9.17) is 4.74 Å². The standard InChI is InChI=1S/C21H30N4O5/c1-23(12-16-4-6-17(30-2)7-5-16)15-21(29)8-3-10-24(11-9-21)19(27)14-25-13-18(26)22-20(25)28/h4-7,29H,3,8-15H2,1-2H3,(H,22,26,28). The van der Waals surface area contributed by atoms with E-state index in [1.54, 1.807) is 12.0 Å². The first-order valence-corrected chi connectivity index (χ1v) is 10.2. The molecule has 0 saturated carbocycles. The van der Waals surface area contributed by atoms with Crippen molar-refractivity contribution in [3.8, 4) is 5.75 Å². The Morgan fingerprint density at radius 3 is 2.60 bits per heavy atom. The van der Waals surface area contributed by atoms with Crippen molar-refractivity contribution < 1.29 is 24.2 Å². The Kier molecular flexibility index (Phi) is 6.94. The number of carbonyl (C=O) groups is 3. The van der Waals surface area contributed by atoms with Crippen LogP contribution in [-0.4, -0.2) is 90.1 Å². The van der Waals surface area contributed by atoms with Gasteiger partial charge in [0.1, 0.15) is 18.8 Å². The fourth-order valence-electron chi connectivity index (χ4n) is 4.06. The molecule has 3 rings (SSSR count). The van der Waals surface area contributed by atoms with Gasteiger partial charge in [-0.15, -0.1) is 0 Å². The van der Waals surface area contributed by atoms with Crippen molar-refractivity contribution in [3.05, 3.63) is 29.8 Å². The van der Waals surface area contributed by atoms with Crippen LogP contribution in [-0.2, 0) is 16.1 Å². The summed E-state index contributed by atoms with van der Waals surface area (Å²) in [7, 11) is 3.61. The highest BCUT2D eigenvalue weighted by Gasteiger charge is 2.34. The highest BCUT2D eigenvalue weighted by atomic mass is 16.5. The molecular weight excluding hydrogens is 388 g/mol. The lowest BCUT2D eigenvalue weighted by Gasteiger charge is -2.32. The van der Waals surface area contributed by atoms with E-state index in [1.807, 2.05) is 31.3 Å². The first kappa shape index (κ1) is 22.0. The summed E-state index contributed by atoms with van der Waals surface area (Å²) in [5, 5.41) is 13.3. The van der Waals surface area contributed by atoms with Crippen LogP contribution in [0, 0.1) is 0 Å². The molecule has 9 nitrogen and oxygen atoms in total.